The molecule has 0 aliphatic rings. The van der Waals surface area contributed by atoms with Crippen molar-refractivity contribution in [2.45, 2.75) is 6.42 Å². The summed E-state index contributed by atoms with van der Waals surface area (Å²) in [6.45, 7) is 0. The molecule has 1 aromatic rings. The van der Waals surface area contributed by atoms with Crippen molar-refractivity contribution < 1.29 is 9.90 Å². The van der Waals surface area contributed by atoms with Crippen LogP contribution in [-0.4, -0.2) is 16.1 Å². The first-order valence-electron chi connectivity index (χ1n) is 2.99. The standard InChI is InChI=1S/C7H6INO2/c8-6-1-5(2-7(10)11)3-9-4-6/h1,3-4H,2H2,(H,10,11). The van der Waals surface area contributed by atoms with Crippen molar-refractivity contribution in [2.24, 2.45) is 0 Å². The molecule has 58 valence electrons. The van der Waals surface area contributed by atoms with Crippen LogP contribution in [0.2, 0.25) is 0 Å². The first kappa shape index (κ1) is 8.45. The Bertz CT molecular complexity index is 275. The summed E-state index contributed by atoms with van der Waals surface area (Å²) in [6, 6.07) is 1.81. The van der Waals surface area contributed by atoms with Crippen LogP contribution in [-0.2, 0) is 11.2 Å². The van der Waals surface area contributed by atoms with Gasteiger partial charge in [-0.05, 0) is 34.2 Å². The third kappa shape index (κ3) is 2.83. The Balaban J connectivity index is 2.79. The lowest BCUT2D eigenvalue weighted by molar-refractivity contribution is -0.136. The van der Waals surface area contributed by atoms with Crippen molar-refractivity contribution in [1.29, 1.82) is 0 Å². The van der Waals surface area contributed by atoms with Crippen LogP contribution in [0.3, 0.4) is 0 Å². The number of pyridine rings is 1. The first-order valence-corrected chi connectivity index (χ1v) is 4.07. The zero-order valence-electron chi connectivity index (χ0n) is 5.62. The molecule has 0 spiro atoms. The molecular formula is C7H6INO2. The molecule has 1 rings (SSSR count). The third-order valence-electron chi connectivity index (χ3n) is 1.12. The predicted octanol–water partition coefficient (Wildman–Crippen LogP) is 1.31. The maximum atomic E-state index is 10.2. The van der Waals surface area contributed by atoms with E-state index in [0.29, 0.717) is 0 Å². The maximum absolute atomic E-state index is 10.2. The molecule has 0 bridgehead atoms. The fraction of sp³-hybridized carbons (Fsp3) is 0.143. The number of aliphatic carboxylic acids is 1. The zero-order chi connectivity index (χ0) is 8.27. The Morgan fingerprint density at radius 2 is 2.36 bits per heavy atom. The van der Waals surface area contributed by atoms with Gasteiger partial charge in [-0.2, -0.15) is 0 Å². The molecule has 0 aliphatic heterocycles. The number of carboxylic acid groups (broad SMARTS) is 1. The number of halogens is 1. The molecule has 0 aliphatic carbocycles. The van der Waals surface area contributed by atoms with Crippen LogP contribution in [0.15, 0.2) is 18.5 Å². The minimum Gasteiger partial charge on any atom is -0.481 e. The zero-order valence-corrected chi connectivity index (χ0v) is 7.78. The number of rotatable bonds is 2. The Hall–Kier alpha value is -0.650. The fourth-order valence-corrected chi connectivity index (χ4v) is 1.29. The van der Waals surface area contributed by atoms with Crippen LogP contribution in [0.5, 0.6) is 0 Å². The van der Waals surface area contributed by atoms with Gasteiger partial charge in [0.25, 0.3) is 0 Å². The van der Waals surface area contributed by atoms with Crippen LogP contribution in [0, 0.1) is 3.57 Å². The summed E-state index contributed by atoms with van der Waals surface area (Å²) >= 11 is 2.10. The Morgan fingerprint density at radius 1 is 1.64 bits per heavy atom. The molecule has 0 unspecified atom stereocenters. The summed E-state index contributed by atoms with van der Waals surface area (Å²) in [5.41, 5.74) is 0.740. The van der Waals surface area contributed by atoms with E-state index >= 15 is 0 Å². The van der Waals surface area contributed by atoms with E-state index in [2.05, 4.69) is 27.6 Å². The minimum absolute atomic E-state index is 0.0455. The van der Waals surface area contributed by atoms with E-state index in [4.69, 9.17) is 5.11 Å². The molecule has 4 heteroatoms. The number of hydrogen-bond donors (Lipinski definition) is 1. The number of hydrogen-bond acceptors (Lipinski definition) is 2. The van der Waals surface area contributed by atoms with Gasteiger partial charge in [-0.15, -0.1) is 0 Å². The van der Waals surface area contributed by atoms with Gasteiger partial charge in [0.1, 0.15) is 0 Å². The van der Waals surface area contributed by atoms with Gasteiger partial charge in [0.15, 0.2) is 0 Å². The molecule has 0 saturated heterocycles. The summed E-state index contributed by atoms with van der Waals surface area (Å²) in [4.78, 5) is 14.1. The average molecular weight is 263 g/mol. The molecule has 0 saturated carbocycles. The minimum atomic E-state index is -0.825. The highest BCUT2D eigenvalue weighted by molar-refractivity contribution is 14.1. The van der Waals surface area contributed by atoms with Gasteiger partial charge in [-0.3, -0.25) is 9.78 Å². The van der Waals surface area contributed by atoms with E-state index in [0.717, 1.165) is 9.13 Å². The first-order chi connectivity index (χ1) is 5.18. The second kappa shape index (κ2) is 3.66. The quantitative estimate of drug-likeness (QED) is 0.818. The Labute approximate surface area is 77.6 Å². The molecule has 0 aromatic carbocycles. The monoisotopic (exact) mass is 263 g/mol. The maximum Gasteiger partial charge on any atom is 0.307 e. The third-order valence-corrected chi connectivity index (χ3v) is 1.71. The lowest BCUT2D eigenvalue weighted by atomic mass is 10.2. The predicted molar refractivity (Wildman–Crippen MR) is 48.3 cm³/mol. The van der Waals surface area contributed by atoms with E-state index in [1.807, 2.05) is 6.07 Å². The normalized spacial score (nSPS) is 9.55. The molecule has 3 nitrogen and oxygen atoms in total. The van der Waals surface area contributed by atoms with Gasteiger partial charge in [-0.1, -0.05) is 0 Å². The summed E-state index contributed by atoms with van der Waals surface area (Å²) < 4.78 is 0.960. The van der Waals surface area contributed by atoms with E-state index in [-0.39, 0.29) is 6.42 Å². The van der Waals surface area contributed by atoms with E-state index in [1.165, 1.54) is 0 Å². The van der Waals surface area contributed by atoms with Crippen molar-refractivity contribution in [1.82, 2.24) is 4.98 Å². The summed E-state index contributed by atoms with van der Waals surface area (Å²) in [6.07, 6.45) is 3.30. The summed E-state index contributed by atoms with van der Waals surface area (Å²) in [5.74, 6) is -0.825. The van der Waals surface area contributed by atoms with E-state index < -0.39 is 5.97 Å². The van der Waals surface area contributed by atoms with Gasteiger partial charge >= 0.3 is 5.97 Å². The fourth-order valence-electron chi connectivity index (χ4n) is 0.727. The number of aromatic nitrogens is 1. The smallest absolute Gasteiger partial charge is 0.307 e. The summed E-state index contributed by atoms with van der Waals surface area (Å²) in [5, 5.41) is 8.43. The SMILES string of the molecule is O=C(O)Cc1cncc(I)c1. The number of nitrogens with zero attached hydrogens (tertiary/aromatic N) is 1. The van der Waals surface area contributed by atoms with E-state index in [9.17, 15) is 4.79 Å². The van der Waals surface area contributed by atoms with Gasteiger partial charge in [-0.25, -0.2) is 0 Å². The molecule has 0 radical (unpaired) electrons. The Kier molecular flexibility index (Phi) is 2.81. The molecular weight excluding hydrogens is 257 g/mol. The van der Waals surface area contributed by atoms with Crippen LogP contribution in [0.25, 0.3) is 0 Å². The topological polar surface area (TPSA) is 50.2 Å². The van der Waals surface area contributed by atoms with Crippen LogP contribution in [0.1, 0.15) is 5.56 Å². The molecule has 1 N–H and O–H groups in total. The van der Waals surface area contributed by atoms with Crippen molar-refractivity contribution in [2.75, 3.05) is 0 Å². The highest BCUT2D eigenvalue weighted by Gasteiger charge is 1.99. The van der Waals surface area contributed by atoms with Crippen LogP contribution in [0.4, 0.5) is 0 Å². The van der Waals surface area contributed by atoms with Crippen molar-refractivity contribution >= 4 is 28.6 Å². The number of carbonyl (C=O) groups is 1. The van der Waals surface area contributed by atoms with Gasteiger partial charge in [0.2, 0.25) is 0 Å². The molecule has 1 heterocycles. The molecule has 1 aromatic heterocycles. The summed E-state index contributed by atoms with van der Waals surface area (Å²) in [7, 11) is 0. The van der Waals surface area contributed by atoms with Gasteiger partial charge in [0.05, 0.1) is 6.42 Å². The van der Waals surface area contributed by atoms with Crippen LogP contribution < -0.4 is 0 Å². The largest absolute Gasteiger partial charge is 0.481 e. The van der Waals surface area contributed by atoms with Gasteiger partial charge in [0, 0.05) is 16.0 Å². The second-order valence-corrected chi connectivity index (χ2v) is 3.33. The molecule has 11 heavy (non-hydrogen) atoms. The highest BCUT2D eigenvalue weighted by atomic mass is 127. The molecule has 0 amide bonds. The lowest BCUT2D eigenvalue weighted by Gasteiger charge is -1.95. The van der Waals surface area contributed by atoms with Crippen LogP contribution >= 0.6 is 22.6 Å². The van der Waals surface area contributed by atoms with E-state index in [1.54, 1.807) is 12.4 Å². The average Bonchev–Trinajstić information content (AvgIpc) is 1.85. The number of carboxylic acids is 1. The van der Waals surface area contributed by atoms with Crippen molar-refractivity contribution in [3.8, 4) is 0 Å². The molecule has 0 atom stereocenters. The van der Waals surface area contributed by atoms with Crippen molar-refractivity contribution in [3.63, 3.8) is 0 Å². The van der Waals surface area contributed by atoms with Gasteiger partial charge < -0.3 is 5.11 Å². The Morgan fingerprint density at radius 3 is 2.91 bits per heavy atom. The highest BCUT2D eigenvalue weighted by Crippen LogP contribution is 2.05. The van der Waals surface area contributed by atoms with Crippen molar-refractivity contribution in [3.05, 3.63) is 27.6 Å². The lowest BCUT2D eigenvalue weighted by Crippen LogP contribution is -2.00. The molecule has 0 fully saturated rings. The second-order valence-electron chi connectivity index (χ2n) is 2.08.